The summed E-state index contributed by atoms with van der Waals surface area (Å²) in [6.45, 7) is 7.57. The molecule has 4 nitrogen and oxygen atoms in total. The summed E-state index contributed by atoms with van der Waals surface area (Å²) in [7, 11) is 0. The highest BCUT2D eigenvalue weighted by Crippen LogP contribution is 2.20. The molecule has 1 atom stereocenters. The van der Waals surface area contributed by atoms with Gasteiger partial charge in [-0.05, 0) is 64.0 Å². The predicted molar refractivity (Wildman–Crippen MR) is 138 cm³/mol. The van der Waals surface area contributed by atoms with Crippen LogP contribution in [0.25, 0.3) is 0 Å². The highest BCUT2D eigenvalue weighted by atomic mass is 16.5. The van der Waals surface area contributed by atoms with Crippen LogP contribution < -0.4 is 5.32 Å². The Balaban J connectivity index is 3.77. The van der Waals surface area contributed by atoms with Gasteiger partial charge < -0.3 is 15.2 Å². The van der Waals surface area contributed by atoms with Crippen LogP contribution in [0.2, 0.25) is 0 Å². The molecule has 0 aromatic rings. The van der Waals surface area contributed by atoms with Gasteiger partial charge in [0.1, 0.15) is 0 Å². The minimum absolute atomic E-state index is 0.00788. The van der Waals surface area contributed by atoms with E-state index in [1.54, 1.807) is 0 Å². The van der Waals surface area contributed by atoms with E-state index in [-0.39, 0.29) is 5.97 Å². The molecule has 0 radical (unpaired) electrons. The third-order valence-corrected chi connectivity index (χ3v) is 6.41. The van der Waals surface area contributed by atoms with Crippen LogP contribution in [-0.4, -0.2) is 37.4 Å². The third kappa shape index (κ3) is 24.0. The molecule has 0 aromatic carbocycles. The summed E-state index contributed by atoms with van der Waals surface area (Å²) in [5.74, 6) is 0.568. The first kappa shape index (κ1) is 31.4. The summed E-state index contributed by atoms with van der Waals surface area (Å²) in [4.78, 5) is 12.2. The molecule has 1 unspecified atom stereocenters. The van der Waals surface area contributed by atoms with Gasteiger partial charge in [0.05, 0.1) is 6.61 Å². The number of carbonyl (C=O) groups excluding carboxylic acids is 1. The van der Waals surface area contributed by atoms with E-state index in [0.29, 0.717) is 25.6 Å². The molecule has 0 bridgehead atoms. The van der Waals surface area contributed by atoms with Gasteiger partial charge in [-0.1, -0.05) is 90.9 Å². The Kier molecular flexibility index (Phi) is 26.1. The van der Waals surface area contributed by atoms with Crippen molar-refractivity contribution in [1.82, 2.24) is 5.32 Å². The number of hydrogen-bond donors (Lipinski definition) is 2. The lowest BCUT2D eigenvalue weighted by Crippen LogP contribution is -2.16. The number of aliphatic hydroxyl groups is 1. The van der Waals surface area contributed by atoms with Crippen LogP contribution in [-0.2, 0) is 9.53 Å². The zero-order chi connectivity index (χ0) is 23.5. The molecular weight excluding hydrogens is 398 g/mol. The van der Waals surface area contributed by atoms with Gasteiger partial charge in [0.25, 0.3) is 0 Å². The summed E-state index contributed by atoms with van der Waals surface area (Å²) in [5, 5.41) is 12.2. The molecule has 0 rings (SSSR count). The van der Waals surface area contributed by atoms with Crippen molar-refractivity contribution in [3.8, 4) is 0 Å². The van der Waals surface area contributed by atoms with E-state index in [0.717, 1.165) is 45.2 Å². The second-order valence-corrected chi connectivity index (χ2v) is 9.65. The van der Waals surface area contributed by atoms with E-state index in [4.69, 9.17) is 9.84 Å². The van der Waals surface area contributed by atoms with Crippen molar-refractivity contribution in [2.75, 3.05) is 26.3 Å². The fourth-order valence-electron chi connectivity index (χ4n) is 4.20. The van der Waals surface area contributed by atoms with Crippen molar-refractivity contribution >= 4 is 5.97 Å². The SMILES string of the molecule is CCCCCCCCC(CCCCCC)COC(=O)CCCCCCNCCCCCO. The van der Waals surface area contributed by atoms with E-state index in [9.17, 15) is 4.79 Å². The third-order valence-electron chi connectivity index (χ3n) is 6.41. The van der Waals surface area contributed by atoms with Crippen molar-refractivity contribution < 1.29 is 14.6 Å². The van der Waals surface area contributed by atoms with Crippen LogP contribution >= 0.6 is 0 Å². The van der Waals surface area contributed by atoms with E-state index in [2.05, 4.69) is 19.2 Å². The topological polar surface area (TPSA) is 58.6 Å². The van der Waals surface area contributed by atoms with Crippen molar-refractivity contribution in [2.45, 2.75) is 142 Å². The number of ether oxygens (including phenoxy) is 1. The molecular formula is C28H57NO3. The molecule has 0 aliphatic rings. The lowest BCUT2D eigenvalue weighted by Gasteiger charge is -2.17. The van der Waals surface area contributed by atoms with Crippen LogP contribution in [0, 0.1) is 5.92 Å². The van der Waals surface area contributed by atoms with Crippen molar-refractivity contribution in [3.63, 3.8) is 0 Å². The number of unbranched alkanes of at least 4 members (excludes halogenated alkanes) is 13. The Morgan fingerprint density at radius 3 is 1.81 bits per heavy atom. The Morgan fingerprint density at radius 1 is 0.688 bits per heavy atom. The smallest absolute Gasteiger partial charge is 0.305 e. The molecule has 192 valence electrons. The second kappa shape index (κ2) is 26.6. The Morgan fingerprint density at radius 2 is 1.19 bits per heavy atom. The highest BCUT2D eigenvalue weighted by Gasteiger charge is 2.12. The van der Waals surface area contributed by atoms with Crippen LogP contribution in [0.15, 0.2) is 0 Å². The molecule has 0 spiro atoms. The van der Waals surface area contributed by atoms with Gasteiger partial charge in [-0.15, -0.1) is 0 Å². The average molecular weight is 456 g/mol. The zero-order valence-electron chi connectivity index (χ0n) is 21.8. The maximum Gasteiger partial charge on any atom is 0.305 e. The number of nitrogens with one attached hydrogen (secondary N) is 1. The zero-order valence-corrected chi connectivity index (χ0v) is 21.8. The van der Waals surface area contributed by atoms with E-state index < -0.39 is 0 Å². The standard InChI is InChI=1S/C28H57NO3/c1-3-5-7-9-10-15-21-27(20-14-8-6-4-2)26-32-28(31)22-16-11-12-17-23-29-24-18-13-19-25-30/h27,29-30H,3-26H2,1-2H3. The molecule has 0 saturated heterocycles. The fraction of sp³-hybridized carbons (Fsp3) is 0.964. The first-order valence-electron chi connectivity index (χ1n) is 14.2. The predicted octanol–water partition coefficient (Wildman–Crippen LogP) is 7.57. The molecule has 0 saturated carbocycles. The number of hydrogen-bond acceptors (Lipinski definition) is 4. The van der Waals surface area contributed by atoms with Crippen LogP contribution in [0.3, 0.4) is 0 Å². The quantitative estimate of drug-likeness (QED) is 0.104. The van der Waals surface area contributed by atoms with Gasteiger partial charge in [0.15, 0.2) is 0 Å². The maximum absolute atomic E-state index is 12.2. The lowest BCUT2D eigenvalue weighted by molar-refractivity contribution is -0.145. The van der Waals surface area contributed by atoms with Crippen LogP contribution in [0.5, 0.6) is 0 Å². The summed E-state index contributed by atoms with van der Waals surface area (Å²) in [6.07, 6.45) is 23.8. The minimum atomic E-state index is 0.00788. The first-order valence-corrected chi connectivity index (χ1v) is 14.2. The number of carbonyl (C=O) groups is 1. The normalized spacial score (nSPS) is 12.2. The largest absolute Gasteiger partial charge is 0.465 e. The summed E-state index contributed by atoms with van der Waals surface area (Å²) >= 11 is 0. The lowest BCUT2D eigenvalue weighted by atomic mass is 9.95. The van der Waals surface area contributed by atoms with Gasteiger partial charge in [0.2, 0.25) is 0 Å². The molecule has 0 aliphatic carbocycles. The Hall–Kier alpha value is -0.610. The molecule has 2 N–H and O–H groups in total. The maximum atomic E-state index is 12.2. The molecule has 0 fully saturated rings. The van der Waals surface area contributed by atoms with Crippen molar-refractivity contribution in [2.24, 2.45) is 5.92 Å². The van der Waals surface area contributed by atoms with E-state index in [1.807, 2.05) is 0 Å². The molecule has 0 aliphatic heterocycles. The van der Waals surface area contributed by atoms with Crippen LogP contribution in [0.4, 0.5) is 0 Å². The van der Waals surface area contributed by atoms with Crippen molar-refractivity contribution in [1.29, 1.82) is 0 Å². The Labute approximate surface area is 200 Å². The van der Waals surface area contributed by atoms with Gasteiger partial charge in [-0.25, -0.2) is 0 Å². The fourth-order valence-corrected chi connectivity index (χ4v) is 4.20. The highest BCUT2D eigenvalue weighted by molar-refractivity contribution is 5.69. The molecule has 0 aromatic heterocycles. The molecule has 32 heavy (non-hydrogen) atoms. The van der Waals surface area contributed by atoms with Gasteiger partial charge in [0, 0.05) is 13.0 Å². The summed E-state index contributed by atoms with van der Waals surface area (Å²) < 4.78 is 5.68. The number of aliphatic hydroxyl groups excluding tert-OH is 1. The van der Waals surface area contributed by atoms with Crippen LogP contribution in [0.1, 0.15) is 142 Å². The Bertz CT molecular complexity index is 376. The first-order chi connectivity index (χ1) is 15.7. The number of rotatable bonds is 26. The number of esters is 1. The monoisotopic (exact) mass is 455 g/mol. The second-order valence-electron chi connectivity index (χ2n) is 9.65. The molecule has 0 amide bonds. The van der Waals surface area contributed by atoms with Gasteiger partial charge >= 0.3 is 5.97 Å². The average Bonchev–Trinajstić information content (AvgIpc) is 2.80. The van der Waals surface area contributed by atoms with Gasteiger partial charge in [-0.3, -0.25) is 4.79 Å². The molecule has 0 heterocycles. The summed E-state index contributed by atoms with van der Waals surface area (Å²) in [6, 6.07) is 0. The van der Waals surface area contributed by atoms with Gasteiger partial charge in [-0.2, -0.15) is 0 Å². The van der Waals surface area contributed by atoms with E-state index in [1.165, 1.54) is 89.9 Å². The summed E-state index contributed by atoms with van der Waals surface area (Å²) in [5.41, 5.74) is 0. The van der Waals surface area contributed by atoms with Crippen molar-refractivity contribution in [3.05, 3.63) is 0 Å². The molecule has 4 heteroatoms. The minimum Gasteiger partial charge on any atom is -0.465 e. The van der Waals surface area contributed by atoms with E-state index >= 15 is 0 Å².